The molecule has 0 aliphatic heterocycles. The van der Waals surface area contributed by atoms with E-state index in [0.717, 1.165) is 11.3 Å². The summed E-state index contributed by atoms with van der Waals surface area (Å²) in [6.07, 6.45) is 0.708. The molecule has 1 aromatic rings. The lowest BCUT2D eigenvalue weighted by atomic mass is 9.97. The number of benzene rings is 1. The summed E-state index contributed by atoms with van der Waals surface area (Å²) in [5, 5.41) is 14.1. The van der Waals surface area contributed by atoms with Gasteiger partial charge in [-0.15, -0.1) is 0 Å². The number of carbonyl (C=O) groups is 1. The number of hydrogen-bond donors (Lipinski definition) is 2. The van der Waals surface area contributed by atoms with Crippen molar-refractivity contribution in [1.82, 2.24) is 5.43 Å². The van der Waals surface area contributed by atoms with Crippen molar-refractivity contribution in [1.29, 1.82) is 0 Å². The van der Waals surface area contributed by atoms with E-state index >= 15 is 0 Å². The van der Waals surface area contributed by atoms with Gasteiger partial charge in [0.1, 0.15) is 11.4 Å². The summed E-state index contributed by atoms with van der Waals surface area (Å²) in [7, 11) is 0. The van der Waals surface area contributed by atoms with E-state index in [-0.39, 0.29) is 0 Å². The first-order chi connectivity index (χ1) is 9.96. The highest BCUT2D eigenvalue weighted by Crippen LogP contribution is 2.15. The largest absolute Gasteiger partial charge is 0.494 e. The van der Waals surface area contributed by atoms with Gasteiger partial charge in [-0.05, 0) is 56.5 Å². The molecule has 5 heteroatoms. The van der Waals surface area contributed by atoms with E-state index in [0.29, 0.717) is 25.2 Å². The second-order valence-corrected chi connectivity index (χ2v) is 4.83. The van der Waals surface area contributed by atoms with Crippen LogP contribution in [0.25, 0.3) is 0 Å². The minimum Gasteiger partial charge on any atom is -0.494 e. The molecule has 1 amide bonds. The van der Waals surface area contributed by atoms with E-state index in [4.69, 9.17) is 4.74 Å². The number of carbonyl (C=O) groups excluding carboxylic acids is 1. The van der Waals surface area contributed by atoms with Crippen molar-refractivity contribution in [2.75, 3.05) is 6.61 Å². The van der Waals surface area contributed by atoms with Gasteiger partial charge in [-0.25, -0.2) is 5.43 Å². The first-order valence-electron chi connectivity index (χ1n) is 7.27. The van der Waals surface area contributed by atoms with E-state index in [9.17, 15) is 9.90 Å². The molecule has 0 radical (unpaired) electrons. The van der Waals surface area contributed by atoms with Crippen LogP contribution in [0.5, 0.6) is 5.75 Å². The minimum absolute atomic E-state index is 0.354. The maximum Gasteiger partial charge on any atom is 0.271 e. The second-order valence-electron chi connectivity index (χ2n) is 4.83. The lowest BCUT2D eigenvalue weighted by molar-refractivity contribution is -0.140. The highest BCUT2D eigenvalue weighted by molar-refractivity contribution is 5.99. The number of amides is 1. The van der Waals surface area contributed by atoms with Crippen molar-refractivity contribution in [3.63, 3.8) is 0 Å². The monoisotopic (exact) mass is 292 g/mol. The Kier molecular flexibility index (Phi) is 6.37. The fourth-order valence-electron chi connectivity index (χ4n) is 1.83. The number of aliphatic hydroxyl groups is 1. The van der Waals surface area contributed by atoms with Crippen LogP contribution < -0.4 is 10.2 Å². The van der Waals surface area contributed by atoms with Crippen LogP contribution in [0.4, 0.5) is 0 Å². The molecule has 0 unspecified atom stereocenters. The van der Waals surface area contributed by atoms with E-state index in [2.05, 4.69) is 10.5 Å². The van der Waals surface area contributed by atoms with Gasteiger partial charge < -0.3 is 9.84 Å². The molecule has 116 valence electrons. The highest BCUT2D eigenvalue weighted by atomic mass is 16.5. The van der Waals surface area contributed by atoms with Gasteiger partial charge >= 0.3 is 0 Å². The number of nitrogens with zero attached hydrogens (tertiary/aromatic N) is 1. The number of ether oxygens (including phenoxy) is 1. The third-order valence-corrected chi connectivity index (χ3v) is 3.50. The van der Waals surface area contributed by atoms with Gasteiger partial charge in [0.05, 0.1) is 12.3 Å². The van der Waals surface area contributed by atoms with Crippen molar-refractivity contribution >= 4 is 11.6 Å². The summed E-state index contributed by atoms with van der Waals surface area (Å²) in [4.78, 5) is 11.9. The average molecular weight is 292 g/mol. The van der Waals surface area contributed by atoms with Gasteiger partial charge in [-0.1, -0.05) is 13.8 Å². The van der Waals surface area contributed by atoms with E-state index < -0.39 is 11.5 Å². The Morgan fingerprint density at radius 2 is 1.81 bits per heavy atom. The predicted molar refractivity (Wildman–Crippen MR) is 83.5 cm³/mol. The maximum absolute atomic E-state index is 11.9. The van der Waals surface area contributed by atoms with Crippen LogP contribution in [0.2, 0.25) is 0 Å². The average Bonchev–Trinajstić information content (AvgIpc) is 2.52. The van der Waals surface area contributed by atoms with Crippen molar-refractivity contribution in [3.8, 4) is 5.75 Å². The fourth-order valence-corrected chi connectivity index (χ4v) is 1.83. The standard InChI is InChI=1S/C16H24N2O3/c1-5-16(20,6-2)15(19)18-17-12(4)13-8-10-14(11-9-13)21-7-3/h8-11,20H,5-7H2,1-4H3,(H,18,19). The zero-order valence-electron chi connectivity index (χ0n) is 13.1. The maximum atomic E-state index is 11.9. The molecule has 0 saturated carbocycles. The van der Waals surface area contributed by atoms with Crippen LogP contribution in [-0.4, -0.2) is 28.9 Å². The Labute approximate surface area is 126 Å². The molecule has 0 saturated heterocycles. The Morgan fingerprint density at radius 3 is 2.29 bits per heavy atom. The van der Waals surface area contributed by atoms with Gasteiger partial charge in [0, 0.05) is 0 Å². The Hall–Kier alpha value is -1.88. The molecule has 2 N–H and O–H groups in total. The quantitative estimate of drug-likeness (QED) is 0.599. The zero-order chi connectivity index (χ0) is 15.9. The SMILES string of the molecule is CCOc1ccc(C(C)=NNC(=O)C(O)(CC)CC)cc1. The van der Waals surface area contributed by atoms with Crippen LogP contribution in [0.1, 0.15) is 46.1 Å². The topological polar surface area (TPSA) is 70.9 Å². The van der Waals surface area contributed by atoms with Gasteiger partial charge in [0.15, 0.2) is 0 Å². The molecule has 0 fully saturated rings. The van der Waals surface area contributed by atoms with Crippen LogP contribution >= 0.6 is 0 Å². The van der Waals surface area contributed by atoms with Gasteiger partial charge in [0.25, 0.3) is 5.91 Å². The Balaban J connectivity index is 2.74. The van der Waals surface area contributed by atoms with Crippen LogP contribution in [-0.2, 0) is 4.79 Å². The lowest BCUT2D eigenvalue weighted by Crippen LogP contribution is -2.44. The molecule has 0 aliphatic carbocycles. The molecule has 0 aliphatic rings. The van der Waals surface area contributed by atoms with Crippen molar-refractivity contribution in [3.05, 3.63) is 29.8 Å². The van der Waals surface area contributed by atoms with Gasteiger partial charge in [-0.2, -0.15) is 5.10 Å². The third-order valence-electron chi connectivity index (χ3n) is 3.50. The summed E-state index contributed by atoms with van der Waals surface area (Å²) in [6.45, 7) is 7.89. The molecule has 1 aromatic carbocycles. The molecule has 0 aromatic heterocycles. The van der Waals surface area contributed by atoms with Crippen LogP contribution in [0, 0.1) is 0 Å². The van der Waals surface area contributed by atoms with Crippen molar-refractivity contribution in [2.45, 2.75) is 46.1 Å². The first-order valence-corrected chi connectivity index (χ1v) is 7.27. The smallest absolute Gasteiger partial charge is 0.271 e. The molecule has 0 bridgehead atoms. The zero-order valence-corrected chi connectivity index (χ0v) is 13.1. The molecule has 21 heavy (non-hydrogen) atoms. The number of hydrogen-bond acceptors (Lipinski definition) is 4. The van der Waals surface area contributed by atoms with E-state index in [1.807, 2.05) is 31.2 Å². The molecule has 0 atom stereocenters. The molecular weight excluding hydrogens is 268 g/mol. The number of nitrogens with one attached hydrogen (secondary N) is 1. The summed E-state index contributed by atoms with van der Waals surface area (Å²) in [5.41, 5.74) is 2.62. The lowest BCUT2D eigenvalue weighted by Gasteiger charge is -2.22. The van der Waals surface area contributed by atoms with Crippen LogP contribution in [0.3, 0.4) is 0 Å². The normalized spacial score (nSPS) is 12.1. The molecule has 1 rings (SSSR count). The van der Waals surface area contributed by atoms with E-state index in [1.54, 1.807) is 20.8 Å². The minimum atomic E-state index is -1.36. The highest BCUT2D eigenvalue weighted by Gasteiger charge is 2.31. The molecular formula is C16H24N2O3. The van der Waals surface area contributed by atoms with Gasteiger partial charge in [-0.3, -0.25) is 4.79 Å². The molecule has 0 spiro atoms. The summed E-state index contributed by atoms with van der Waals surface area (Å²) < 4.78 is 5.37. The Bertz CT molecular complexity index is 491. The van der Waals surface area contributed by atoms with E-state index in [1.165, 1.54) is 0 Å². The number of rotatable bonds is 7. The first kappa shape index (κ1) is 17.2. The van der Waals surface area contributed by atoms with Crippen LogP contribution in [0.15, 0.2) is 29.4 Å². The fraction of sp³-hybridized carbons (Fsp3) is 0.500. The summed E-state index contributed by atoms with van der Waals surface area (Å²) in [5.74, 6) is 0.321. The Morgan fingerprint density at radius 1 is 1.24 bits per heavy atom. The number of hydrazone groups is 1. The molecule has 0 heterocycles. The molecule has 5 nitrogen and oxygen atoms in total. The summed E-state index contributed by atoms with van der Waals surface area (Å²) in [6, 6.07) is 7.46. The van der Waals surface area contributed by atoms with Crippen molar-refractivity contribution < 1.29 is 14.6 Å². The predicted octanol–water partition coefficient (Wildman–Crippen LogP) is 2.48. The van der Waals surface area contributed by atoms with Gasteiger partial charge in [0.2, 0.25) is 0 Å². The van der Waals surface area contributed by atoms with Crippen molar-refractivity contribution in [2.24, 2.45) is 5.10 Å². The second kappa shape index (κ2) is 7.78. The third kappa shape index (κ3) is 4.56. The summed E-state index contributed by atoms with van der Waals surface area (Å²) >= 11 is 0.